The zero-order chi connectivity index (χ0) is 17.1. The first-order valence-corrected chi connectivity index (χ1v) is 8.36. The van der Waals surface area contributed by atoms with Crippen molar-refractivity contribution in [2.45, 2.75) is 13.8 Å². The van der Waals surface area contributed by atoms with E-state index in [1.54, 1.807) is 13.0 Å². The fourth-order valence-corrected chi connectivity index (χ4v) is 3.05. The van der Waals surface area contributed by atoms with Crippen molar-refractivity contribution in [2.24, 2.45) is 0 Å². The molecule has 3 rings (SSSR count). The molecule has 1 N–H and O–H groups in total. The van der Waals surface area contributed by atoms with Gasteiger partial charge in [-0.1, -0.05) is 22.8 Å². The van der Waals surface area contributed by atoms with Gasteiger partial charge >= 0.3 is 0 Å². The maximum absolute atomic E-state index is 12.1. The van der Waals surface area contributed by atoms with E-state index in [-0.39, 0.29) is 5.91 Å². The van der Waals surface area contributed by atoms with Crippen molar-refractivity contribution in [1.29, 1.82) is 0 Å². The number of aryl methyl sites for hydroxylation is 2. The lowest BCUT2D eigenvalue weighted by Crippen LogP contribution is -2.48. The molecule has 0 atom stereocenters. The molecular weight excluding hydrogens is 328 g/mol. The number of hydrogen-bond acceptors (Lipinski definition) is 5. The zero-order valence-corrected chi connectivity index (χ0v) is 14.6. The summed E-state index contributed by atoms with van der Waals surface area (Å²) >= 11 is 6.11. The number of benzene rings is 1. The Morgan fingerprint density at radius 2 is 2.00 bits per heavy atom. The van der Waals surface area contributed by atoms with Crippen LogP contribution in [0.5, 0.6) is 0 Å². The van der Waals surface area contributed by atoms with Gasteiger partial charge in [0.2, 0.25) is 5.91 Å². The topological polar surface area (TPSA) is 61.6 Å². The second-order valence-corrected chi connectivity index (χ2v) is 6.50. The van der Waals surface area contributed by atoms with Crippen molar-refractivity contribution in [3.8, 4) is 0 Å². The highest BCUT2D eigenvalue weighted by Gasteiger charge is 2.20. The Bertz CT molecular complexity index is 723. The minimum absolute atomic E-state index is 0.0734. The van der Waals surface area contributed by atoms with Crippen molar-refractivity contribution >= 4 is 29.0 Å². The Balaban J connectivity index is 1.51. The molecule has 1 aliphatic heterocycles. The van der Waals surface area contributed by atoms with E-state index in [4.69, 9.17) is 16.1 Å². The number of aromatic nitrogens is 1. The van der Waals surface area contributed by atoms with Gasteiger partial charge < -0.3 is 14.7 Å². The molecule has 0 saturated carbocycles. The van der Waals surface area contributed by atoms with Gasteiger partial charge in [-0.15, -0.1) is 0 Å². The largest absolute Gasteiger partial charge is 0.369 e. The predicted octanol–water partition coefficient (Wildman–Crippen LogP) is 2.71. The van der Waals surface area contributed by atoms with Crippen molar-refractivity contribution in [3.05, 3.63) is 40.6 Å². The van der Waals surface area contributed by atoms with Gasteiger partial charge in [0.05, 0.1) is 6.54 Å². The maximum atomic E-state index is 12.1. The van der Waals surface area contributed by atoms with Gasteiger partial charge in [-0.05, 0) is 31.5 Å². The summed E-state index contributed by atoms with van der Waals surface area (Å²) in [7, 11) is 0. The first-order chi connectivity index (χ1) is 11.5. The standard InChI is InChI=1S/C17H21ClN4O2/c1-12-3-4-14(18)10-15(12)22-7-5-21(6-8-22)11-17(23)19-16-9-13(2)24-20-16/h3-4,9-10H,5-8,11H2,1-2H3,(H,19,20,23). The molecular formula is C17H21ClN4O2. The van der Waals surface area contributed by atoms with E-state index in [1.165, 1.54) is 11.3 Å². The SMILES string of the molecule is Cc1cc(NC(=O)CN2CCN(c3cc(Cl)ccc3C)CC2)no1. The minimum atomic E-state index is -0.0734. The summed E-state index contributed by atoms with van der Waals surface area (Å²) in [5.74, 6) is 1.07. The van der Waals surface area contributed by atoms with E-state index >= 15 is 0 Å². The number of nitrogens with one attached hydrogen (secondary N) is 1. The molecule has 1 aliphatic rings. The third-order valence-corrected chi connectivity index (χ3v) is 4.38. The lowest BCUT2D eigenvalue weighted by molar-refractivity contribution is -0.117. The Labute approximate surface area is 146 Å². The van der Waals surface area contributed by atoms with Crippen LogP contribution in [0.25, 0.3) is 0 Å². The number of carbonyl (C=O) groups is 1. The molecule has 6 nitrogen and oxygen atoms in total. The summed E-state index contributed by atoms with van der Waals surface area (Å²) in [6, 6.07) is 7.66. The van der Waals surface area contributed by atoms with Crippen molar-refractivity contribution in [3.63, 3.8) is 0 Å². The number of hydrogen-bond donors (Lipinski definition) is 1. The van der Waals surface area contributed by atoms with Crippen LogP contribution >= 0.6 is 11.6 Å². The lowest BCUT2D eigenvalue weighted by atomic mass is 10.1. The maximum Gasteiger partial charge on any atom is 0.239 e. The Hall–Kier alpha value is -2.05. The molecule has 1 fully saturated rings. The number of halogens is 1. The normalized spacial score (nSPS) is 15.5. The molecule has 1 amide bonds. The summed E-state index contributed by atoms with van der Waals surface area (Å²) in [5, 5.41) is 7.28. The molecule has 0 bridgehead atoms. The Kier molecular flexibility index (Phi) is 5.06. The van der Waals surface area contributed by atoms with Crippen LogP contribution in [-0.4, -0.2) is 48.7 Å². The summed E-state index contributed by atoms with van der Waals surface area (Å²) in [6.07, 6.45) is 0. The van der Waals surface area contributed by atoms with Gasteiger partial charge in [-0.25, -0.2) is 0 Å². The summed E-state index contributed by atoms with van der Waals surface area (Å²) in [4.78, 5) is 16.5. The fourth-order valence-electron chi connectivity index (χ4n) is 2.88. The average Bonchev–Trinajstić information content (AvgIpc) is 2.95. The van der Waals surface area contributed by atoms with Crippen LogP contribution < -0.4 is 10.2 Å². The summed E-state index contributed by atoms with van der Waals surface area (Å²) in [6.45, 7) is 7.64. The number of rotatable bonds is 4. The molecule has 0 radical (unpaired) electrons. The molecule has 0 unspecified atom stereocenters. The number of amides is 1. The first-order valence-electron chi connectivity index (χ1n) is 7.98. The molecule has 1 aromatic carbocycles. The second-order valence-electron chi connectivity index (χ2n) is 6.06. The van der Waals surface area contributed by atoms with E-state index in [1.807, 2.05) is 18.2 Å². The number of anilines is 2. The van der Waals surface area contributed by atoms with E-state index in [0.29, 0.717) is 18.1 Å². The fraction of sp³-hybridized carbons (Fsp3) is 0.412. The first kappa shape index (κ1) is 16.8. The Morgan fingerprint density at radius 1 is 1.25 bits per heavy atom. The molecule has 2 aromatic rings. The third kappa shape index (κ3) is 4.07. The highest BCUT2D eigenvalue weighted by molar-refractivity contribution is 6.30. The van der Waals surface area contributed by atoms with Crippen LogP contribution in [-0.2, 0) is 4.79 Å². The minimum Gasteiger partial charge on any atom is -0.369 e. The van der Waals surface area contributed by atoms with Gasteiger partial charge in [0.25, 0.3) is 0 Å². The average molecular weight is 349 g/mol. The van der Waals surface area contributed by atoms with Gasteiger partial charge in [-0.2, -0.15) is 0 Å². The van der Waals surface area contributed by atoms with E-state index < -0.39 is 0 Å². The van der Waals surface area contributed by atoms with Gasteiger partial charge in [-0.3, -0.25) is 9.69 Å². The van der Waals surface area contributed by atoms with Crippen LogP contribution in [0.15, 0.2) is 28.8 Å². The van der Waals surface area contributed by atoms with Crippen molar-refractivity contribution < 1.29 is 9.32 Å². The van der Waals surface area contributed by atoms with E-state index in [9.17, 15) is 4.79 Å². The Morgan fingerprint density at radius 3 is 2.67 bits per heavy atom. The molecule has 7 heteroatoms. The molecule has 1 aromatic heterocycles. The second kappa shape index (κ2) is 7.23. The monoisotopic (exact) mass is 348 g/mol. The molecule has 128 valence electrons. The summed E-state index contributed by atoms with van der Waals surface area (Å²) < 4.78 is 4.94. The van der Waals surface area contributed by atoms with E-state index in [2.05, 4.69) is 27.2 Å². The van der Waals surface area contributed by atoms with Crippen LogP contribution in [0.1, 0.15) is 11.3 Å². The molecule has 2 heterocycles. The van der Waals surface area contributed by atoms with Crippen molar-refractivity contribution in [2.75, 3.05) is 42.9 Å². The van der Waals surface area contributed by atoms with Crippen LogP contribution in [0.2, 0.25) is 5.02 Å². The highest BCUT2D eigenvalue weighted by atomic mass is 35.5. The summed E-state index contributed by atoms with van der Waals surface area (Å²) in [5.41, 5.74) is 2.39. The van der Waals surface area contributed by atoms with Gasteiger partial charge in [0, 0.05) is 43.0 Å². The number of carbonyl (C=O) groups excluding carboxylic acids is 1. The van der Waals surface area contributed by atoms with Crippen LogP contribution in [0.3, 0.4) is 0 Å². The smallest absolute Gasteiger partial charge is 0.239 e. The van der Waals surface area contributed by atoms with Crippen LogP contribution in [0.4, 0.5) is 11.5 Å². The third-order valence-electron chi connectivity index (χ3n) is 4.15. The molecule has 0 aliphatic carbocycles. The molecule has 24 heavy (non-hydrogen) atoms. The number of piperazine rings is 1. The molecule has 1 saturated heterocycles. The zero-order valence-electron chi connectivity index (χ0n) is 13.9. The van der Waals surface area contributed by atoms with Gasteiger partial charge in [0.15, 0.2) is 5.82 Å². The predicted molar refractivity (Wildman–Crippen MR) is 94.7 cm³/mol. The van der Waals surface area contributed by atoms with Crippen molar-refractivity contribution in [1.82, 2.24) is 10.1 Å². The van der Waals surface area contributed by atoms with Crippen LogP contribution in [0, 0.1) is 13.8 Å². The lowest BCUT2D eigenvalue weighted by Gasteiger charge is -2.36. The number of nitrogens with zero attached hydrogens (tertiary/aromatic N) is 3. The molecule has 0 spiro atoms. The quantitative estimate of drug-likeness (QED) is 0.920. The van der Waals surface area contributed by atoms with Gasteiger partial charge in [0.1, 0.15) is 5.76 Å². The van der Waals surface area contributed by atoms with E-state index in [0.717, 1.165) is 31.2 Å². The highest BCUT2D eigenvalue weighted by Crippen LogP contribution is 2.25.